The normalized spacial score (nSPS) is 15.1. The number of hydrogen-bond donors (Lipinski definition) is 1. The first-order valence-electron chi connectivity index (χ1n) is 10.3. The number of piperidine rings is 1. The summed E-state index contributed by atoms with van der Waals surface area (Å²) in [5.41, 5.74) is 1.83. The highest BCUT2D eigenvalue weighted by Gasteiger charge is 2.24. The van der Waals surface area contributed by atoms with Crippen molar-refractivity contribution < 1.29 is 9.53 Å². The number of amides is 1. The maximum Gasteiger partial charge on any atom is 0.330 e. The standard InChI is InChI=1S/C23H26N4O4/c1-25-14-16(22(29)26(2)23(25)30)4-7-21(28)27-10-8-15(9-11-27)19-13-24-20-6-5-17(31-3)12-18(19)20/h4-7,12-15,24H,8-11H2,1-3H3/b7-4+. The van der Waals surface area contributed by atoms with E-state index in [2.05, 4.69) is 17.2 Å². The van der Waals surface area contributed by atoms with Gasteiger partial charge in [0.1, 0.15) is 5.75 Å². The van der Waals surface area contributed by atoms with E-state index in [4.69, 9.17) is 4.74 Å². The lowest BCUT2D eigenvalue weighted by Gasteiger charge is -2.31. The summed E-state index contributed by atoms with van der Waals surface area (Å²) in [5, 5.41) is 1.16. The van der Waals surface area contributed by atoms with E-state index in [1.807, 2.05) is 12.1 Å². The second-order valence-corrected chi connectivity index (χ2v) is 7.93. The Hall–Kier alpha value is -3.55. The van der Waals surface area contributed by atoms with E-state index in [0.717, 1.165) is 34.1 Å². The summed E-state index contributed by atoms with van der Waals surface area (Å²) in [7, 11) is 4.66. The highest BCUT2D eigenvalue weighted by atomic mass is 16.5. The van der Waals surface area contributed by atoms with E-state index in [-0.39, 0.29) is 5.91 Å². The lowest BCUT2D eigenvalue weighted by atomic mass is 9.89. The average Bonchev–Trinajstić information content (AvgIpc) is 3.22. The van der Waals surface area contributed by atoms with Gasteiger partial charge in [-0.05, 0) is 48.6 Å². The third-order valence-electron chi connectivity index (χ3n) is 6.05. The molecule has 8 nitrogen and oxygen atoms in total. The zero-order valence-electron chi connectivity index (χ0n) is 17.9. The molecule has 4 rings (SSSR count). The van der Waals surface area contributed by atoms with Crippen LogP contribution in [0.4, 0.5) is 0 Å². The zero-order chi connectivity index (χ0) is 22.1. The Labute approximate surface area is 179 Å². The minimum atomic E-state index is -0.416. The molecule has 1 saturated heterocycles. The molecule has 3 aromatic rings. The van der Waals surface area contributed by atoms with Crippen molar-refractivity contribution in [3.05, 3.63) is 68.6 Å². The van der Waals surface area contributed by atoms with Crippen molar-refractivity contribution in [3.8, 4) is 5.75 Å². The number of H-pyrrole nitrogens is 1. The molecule has 0 radical (unpaired) electrons. The molecule has 3 heterocycles. The van der Waals surface area contributed by atoms with Gasteiger partial charge in [0.15, 0.2) is 0 Å². The summed E-state index contributed by atoms with van der Waals surface area (Å²) in [6, 6.07) is 6.01. The van der Waals surface area contributed by atoms with Gasteiger partial charge in [0.05, 0.1) is 12.7 Å². The van der Waals surface area contributed by atoms with Crippen LogP contribution in [0, 0.1) is 0 Å². The summed E-state index contributed by atoms with van der Waals surface area (Å²) < 4.78 is 7.72. The van der Waals surface area contributed by atoms with E-state index in [1.54, 1.807) is 19.1 Å². The van der Waals surface area contributed by atoms with E-state index in [0.29, 0.717) is 24.6 Å². The highest BCUT2D eigenvalue weighted by molar-refractivity contribution is 5.92. The summed E-state index contributed by atoms with van der Waals surface area (Å²) >= 11 is 0. The summed E-state index contributed by atoms with van der Waals surface area (Å²) in [6.07, 6.45) is 8.14. The molecule has 31 heavy (non-hydrogen) atoms. The number of fused-ring (bicyclic) bond motifs is 1. The molecule has 162 valence electrons. The number of hydrogen-bond acceptors (Lipinski definition) is 4. The van der Waals surface area contributed by atoms with Gasteiger partial charge in [0, 0.05) is 56.6 Å². The molecule has 1 aromatic carbocycles. The third kappa shape index (κ3) is 3.93. The van der Waals surface area contributed by atoms with E-state index >= 15 is 0 Å². The lowest BCUT2D eigenvalue weighted by molar-refractivity contribution is -0.126. The van der Waals surface area contributed by atoms with Gasteiger partial charge >= 0.3 is 5.69 Å². The van der Waals surface area contributed by atoms with Crippen LogP contribution in [0.25, 0.3) is 17.0 Å². The fraction of sp³-hybridized carbons (Fsp3) is 0.348. The Morgan fingerprint density at radius 1 is 1.19 bits per heavy atom. The molecule has 1 amide bonds. The van der Waals surface area contributed by atoms with E-state index < -0.39 is 11.2 Å². The van der Waals surface area contributed by atoms with Gasteiger partial charge in [-0.1, -0.05) is 0 Å². The molecule has 1 fully saturated rings. The predicted molar refractivity (Wildman–Crippen MR) is 119 cm³/mol. The monoisotopic (exact) mass is 422 g/mol. The minimum absolute atomic E-state index is 0.130. The van der Waals surface area contributed by atoms with Crippen LogP contribution in [0.15, 0.2) is 46.3 Å². The first-order chi connectivity index (χ1) is 14.9. The Bertz CT molecular complexity index is 1270. The molecule has 0 saturated carbocycles. The Balaban J connectivity index is 1.45. The van der Waals surface area contributed by atoms with E-state index in [1.165, 1.54) is 35.5 Å². The van der Waals surface area contributed by atoms with E-state index in [9.17, 15) is 14.4 Å². The molecule has 1 aliphatic rings. The van der Waals surface area contributed by atoms with Crippen LogP contribution in [0.1, 0.15) is 29.9 Å². The molecule has 0 atom stereocenters. The number of aromatic nitrogens is 3. The second-order valence-electron chi connectivity index (χ2n) is 7.93. The van der Waals surface area contributed by atoms with Gasteiger partial charge in [0.25, 0.3) is 5.56 Å². The number of rotatable bonds is 4. The zero-order valence-corrected chi connectivity index (χ0v) is 17.9. The van der Waals surface area contributed by atoms with Crippen molar-refractivity contribution in [2.45, 2.75) is 18.8 Å². The second kappa shape index (κ2) is 8.29. The summed E-state index contributed by atoms with van der Waals surface area (Å²) in [5.74, 6) is 1.07. The fourth-order valence-electron chi connectivity index (χ4n) is 4.21. The molecule has 0 spiro atoms. The Morgan fingerprint density at radius 3 is 2.65 bits per heavy atom. The van der Waals surface area contributed by atoms with Crippen LogP contribution < -0.4 is 16.0 Å². The molecular weight excluding hydrogens is 396 g/mol. The maximum absolute atomic E-state index is 12.6. The topological polar surface area (TPSA) is 89.3 Å². The van der Waals surface area contributed by atoms with Crippen molar-refractivity contribution in [1.82, 2.24) is 19.0 Å². The van der Waals surface area contributed by atoms with Gasteiger partial charge in [-0.25, -0.2) is 4.79 Å². The smallest absolute Gasteiger partial charge is 0.330 e. The average molecular weight is 422 g/mol. The highest BCUT2D eigenvalue weighted by Crippen LogP contribution is 2.34. The van der Waals surface area contributed by atoms with Crippen molar-refractivity contribution >= 4 is 22.9 Å². The molecule has 2 aromatic heterocycles. The number of benzene rings is 1. The van der Waals surface area contributed by atoms with Crippen LogP contribution >= 0.6 is 0 Å². The van der Waals surface area contributed by atoms with Gasteiger partial charge in [-0.2, -0.15) is 0 Å². The van der Waals surface area contributed by atoms with Gasteiger partial charge < -0.3 is 19.2 Å². The number of carbonyl (C=O) groups is 1. The van der Waals surface area contributed by atoms with Crippen molar-refractivity contribution in [3.63, 3.8) is 0 Å². The molecule has 0 aliphatic carbocycles. The summed E-state index contributed by atoms with van der Waals surface area (Å²) in [4.78, 5) is 41.8. The van der Waals surface area contributed by atoms with Gasteiger partial charge in [0.2, 0.25) is 5.91 Å². The number of nitrogens with zero attached hydrogens (tertiary/aromatic N) is 3. The molecule has 1 N–H and O–H groups in total. The largest absolute Gasteiger partial charge is 0.497 e. The molecule has 8 heteroatoms. The van der Waals surface area contributed by atoms with Crippen LogP contribution in [0.5, 0.6) is 5.75 Å². The first-order valence-corrected chi connectivity index (χ1v) is 10.3. The van der Waals surface area contributed by atoms with Crippen LogP contribution in [0.2, 0.25) is 0 Å². The quantitative estimate of drug-likeness (QED) is 0.652. The van der Waals surface area contributed by atoms with Crippen molar-refractivity contribution in [1.29, 1.82) is 0 Å². The fourth-order valence-corrected chi connectivity index (χ4v) is 4.21. The molecular formula is C23H26N4O4. The summed E-state index contributed by atoms with van der Waals surface area (Å²) in [6.45, 7) is 1.30. The predicted octanol–water partition coefficient (Wildman–Crippen LogP) is 1.99. The molecule has 0 unspecified atom stereocenters. The van der Waals surface area contributed by atoms with Gasteiger partial charge in [-0.3, -0.25) is 14.2 Å². The number of methoxy groups -OCH3 is 1. The number of aromatic amines is 1. The maximum atomic E-state index is 12.6. The number of carbonyl (C=O) groups excluding carboxylic acids is 1. The van der Waals surface area contributed by atoms with Crippen LogP contribution in [-0.4, -0.2) is 45.1 Å². The van der Waals surface area contributed by atoms with Crippen LogP contribution in [0.3, 0.4) is 0 Å². The van der Waals surface area contributed by atoms with Crippen LogP contribution in [-0.2, 0) is 18.9 Å². The molecule has 1 aliphatic heterocycles. The minimum Gasteiger partial charge on any atom is -0.497 e. The number of aryl methyl sites for hydroxylation is 1. The molecule has 0 bridgehead atoms. The van der Waals surface area contributed by atoms with Crippen molar-refractivity contribution in [2.24, 2.45) is 14.1 Å². The first kappa shape index (κ1) is 20.7. The number of likely N-dealkylation sites (tertiary alicyclic amines) is 1. The Kier molecular flexibility index (Phi) is 5.54. The SMILES string of the molecule is COc1ccc2[nH]cc(C3CCN(C(=O)/C=C/c4cn(C)c(=O)n(C)c4=O)CC3)c2c1. The third-order valence-corrected chi connectivity index (χ3v) is 6.05. The van der Waals surface area contributed by atoms with Crippen molar-refractivity contribution in [2.75, 3.05) is 20.2 Å². The number of nitrogens with one attached hydrogen (secondary N) is 1. The van der Waals surface area contributed by atoms with Gasteiger partial charge in [-0.15, -0.1) is 0 Å². The lowest BCUT2D eigenvalue weighted by Crippen LogP contribution is -2.38. The number of ether oxygens (including phenoxy) is 1. The Morgan fingerprint density at radius 2 is 1.94 bits per heavy atom.